The van der Waals surface area contributed by atoms with Crippen molar-refractivity contribution in [3.05, 3.63) is 295 Å². The first kappa shape index (κ1) is 57.5. The van der Waals surface area contributed by atoms with E-state index < -0.39 is 0 Å². The lowest BCUT2D eigenvalue weighted by Crippen LogP contribution is -1.96. The van der Waals surface area contributed by atoms with Gasteiger partial charge in [0.15, 0.2) is 0 Å². The van der Waals surface area contributed by atoms with Gasteiger partial charge in [0.05, 0.1) is 0 Å². The molecule has 10 rings (SSSR count). The predicted octanol–water partition coefficient (Wildman–Crippen LogP) is 21.7. The Hall–Kier alpha value is -7.80. The molecule has 0 bridgehead atoms. The van der Waals surface area contributed by atoms with Crippen LogP contribution in [0.1, 0.15) is 89.0 Å². The van der Waals surface area contributed by atoms with Crippen molar-refractivity contribution in [2.75, 3.05) is 0 Å². The highest BCUT2D eigenvalue weighted by atomic mass is 14.2. The smallest absolute Gasteiger partial charge is 0.0120 e. The maximum Gasteiger partial charge on any atom is -0.0120 e. The first-order chi connectivity index (χ1) is 36.2. The summed E-state index contributed by atoms with van der Waals surface area (Å²) in [4.78, 5) is 0. The fourth-order valence-corrected chi connectivity index (χ4v) is 10.1. The summed E-state index contributed by atoms with van der Waals surface area (Å²) in [7, 11) is 0. The zero-order valence-electron chi connectivity index (χ0n) is 48.6. The minimum atomic E-state index is 1.29. The summed E-state index contributed by atoms with van der Waals surface area (Å²) in [6, 6.07) is 74.1. The van der Waals surface area contributed by atoms with Gasteiger partial charge in [-0.25, -0.2) is 0 Å². The molecule has 0 saturated carbocycles. The fourth-order valence-electron chi connectivity index (χ4n) is 10.1. The van der Waals surface area contributed by atoms with Gasteiger partial charge < -0.3 is 0 Å². The van der Waals surface area contributed by atoms with Crippen molar-refractivity contribution in [1.29, 1.82) is 0 Å². The third-order valence-electron chi connectivity index (χ3n) is 13.9. The molecule has 0 aliphatic rings. The van der Waals surface area contributed by atoms with E-state index in [0.29, 0.717) is 0 Å². The normalized spacial score (nSPS) is 10.4. The van der Waals surface area contributed by atoms with Crippen LogP contribution in [-0.4, -0.2) is 0 Å². The summed E-state index contributed by atoms with van der Waals surface area (Å²) in [5.74, 6) is 0. The van der Waals surface area contributed by atoms with Crippen LogP contribution in [0.5, 0.6) is 0 Å². The van der Waals surface area contributed by atoms with Crippen LogP contribution in [0.2, 0.25) is 0 Å². The molecule has 0 unspecified atom stereocenters. The number of hydrogen-bond donors (Lipinski definition) is 0. The standard InChI is InChI=1S/C18H22.C16H18.3C14H14/c1-11-7-13(3)17(14(4)8-11)18-15(5)9-12(2)10-16(18)6;1-11-5-7-15(13(3)9-11)16-8-6-12(2)10-14(16)4;1-11-3-7-13(8-4-11)14-9-5-12(2)6-10-14;1-11-5-3-7-13(9-11)14-8-4-6-12(2)10-14;1-11-6-8-13(9-7-11)14-5-3-4-12(2)10-14/h7-10H,1-6H3;5-10H,1-4H3;3*3-10H,1-2H3. The lowest BCUT2D eigenvalue weighted by Gasteiger charge is -2.17. The third-order valence-corrected chi connectivity index (χ3v) is 13.9. The minimum absolute atomic E-state index is 1.29. The van der Waals surface area contributed by atoms with Crippen molar-refractivity contribution < 1.29 is 0 Å². The molecule has 0 spiro atoms. The van der Waals surface area contributed by atoms with Crippen LogP contribution in [0, 0.1) is 111 Å². The molecule has 76 heavy (non-hydrogen) atoms. The van der Waals surface area contributed by atoms with Gasteiger partial charge in [0.1, 0.15) is 0 Å². The van der Waals surface area contributed by atoms with Crippen molar-refractivity contribution in [1.82, 2.24) is 0 Å². The predicted molar refractivity (Wildman–Crippen MR) is 335 cm³/mol. The van der Waals surface area contributed by atoms with Gasteiger partial charge in [-0.2, -0.15) is 0 Å². The monoisotopic (exact) mass is 995 g/mol. The second-order valence-corrected chi connectivity index (χ2v) is 21.4. The molecule has 0 aliphatic carbocycles. The molecule has 0 aromatic heterocycles. The van der Waals surface area contributed by atoms with Gasteiger partial charge in [-0.15, -0.1) is 0 Å². The molecule has 10 aromatic rings. The van der Waals surface area contributed by atoms with E-state index in [-0.39, 0.29) is 0 Å². The minimum Gasteiger partial charge on any atom is -0.0614 e. The molecular formula is C76H82. The number of benzene rings is 10. The Morgan fingerprint density at radius 1 is 0.158 bits per heavy atom. The van der Waals surface area contributed by atoms with E-state index in [2.05, 4.69) is 317 Å². The van der Waals surface area contributed by atoms with Crippen LogP contribution in [0.25, 0.3) is 55.6 Å². The second kappa shape index (κ2) is 27.1. The number of aryl methyl sites for hydroxylation is 16. The summed E-state index contributed by atoms with van der Waals surface area (Å²) in [5.41, 5.74) is 34.7. The zero-order chi connectivity index (χ0) is 55.1. The average molecular weight is 995 g/mol. The molecule has 0 aliphatic heterocycles. The molecule has 386 valence electrons. The van der Waals surface area contributed by atoms with Crippen LogP contribution in [-0.2, 0) is 0 Å². The van der Waals surface area contributed by atoms with E-state index in [1.54, 1.807) is 0 Å². The molecule has 0 amide bonds. The molecular weight excluding hydrogens is 913 g/mol. The summed E-state index contributed by atoms with van der Waals surface area (Å²) < 4.78 is 0. The zero-order valence-corrected chi connectivity index (χ0v) is 48.6. The van der Waals surface area contributed by atoms with Gasteiger partial charge in [-0.05, 0) is 200 Å². The largest absolute Gasteiger partial charge is 0.0614 e. The summed E-state index contributed by atoms with van der Waals surface area (Å²) in [6.45, 7) is 34.5. The Balaban J connectivity index is 0.000000155. The third kappa shape index (κ3) is 16.6. The van der Waals surface area contributed by atoms with Crippen LogP contribution < -0.4 is 0 Å². The molecule has 0 atom stereocenters. The highest BCUT2D eigenvalue weighted by Gasteiger charge is 2.12. The van der Waals surface area contributed by atoms with E-state index in [4.69, 9.17) is 0 Å². The van der Waals surface area contributed by atoms with Crippen LogP contribution in [0.4, 0.5) is 0 Å². The van der Waals surface area contributed by atoms with Crippen molar-refractivity contribution in [3.8, 4) is 55.6 Å². The fraction of sp³-hybridized carbons (Fsp3) is 0.211. The molecule has 0 heterocycles. The Kier molecular flexibility index (Phi) is 20.5. The molecule has 0 radical (unpaired) electrons. The van der Waals surface area contributed by atoms with Gasteiger partial charge in [-0.3, -0.25) is 0 Å². The Morgan fingerprint density at radius 2 is 0.382 bits per heavy atom. The van der Waals surface area contributed by atoms with Gasteiger partial charge in [-0.1, -0.05) is 262 Å². The summed E-state index contributed by atoms with van der Waals surface area (Å²) in [5, 5.41) is 0. The molecule has 0 fully saturated rings. The maximum atomic E-state index is 2.28. The molecule has 0 N–H and O–H groups in total. The van der Waals surface area contributed by atoms with Crippen LogP contribution >= 0.6 is 0 Å². The quantitative estimate of drug-likeness (QED) is 0.161. The Morgan fingerprint density at radius 3 is 0.645 bits per heavy atom. The van der Waals surface area contributed by atoms with Crippen molar-refractivity contribution in [3.63, 3.8) is 0 Å². The second-order valence-electron chi connectivity index (χ2n) is 21.4. The van der Waals surface area contributed by atoms with Crippen LogP contribution in [0.15, 0.2) is 206 Å². The van der Waals surface area contributed by atoms with Gasteiger partial charge in [0, 0.05) is 0 Å². The summed E-state index contributed by atoms with van der Waals surface area (Å²) in [6.07, 6.45) is 0. The Labute approximate surface area is 459 Å². The van der Waals surface area contributed by atoms with Gasteiger partial charge in [0.2, 0.25) is 0 Å². The number of rotatable bonds is 5. The summed E-state index contributed by atoms with van der Waals surface area (Å²) >= 11 is 0. The average Bonchev–Trinajstić information content (AvgIpc) is 3.37. The van der Waals surface area contributed by atoms with Crippen molar-refractivity contribution in [2.24, 2.45) is 0 Å². The van der Waals surface area contributed by atoms with E-state index >= 15 is 0 Å². The highest BCUT2D eigenvalue weighted by Crippen LogP contribution is 2.34. The molecule has 0 nitrogen and oxygen atoms in total. The van der Waals surface area contributed by atoms with E-state index in [1.807, 2.05) is 0 Å². The SMILES string of the molecule is Cc1cc(C)c(-c2c(C)cc(C)cc2C)c(C)c1.Cc1ccc(-c2ccc(C)cc2)cc1.Cc1ccc(-c2ccc(C)cc2C)c(C)c1.Cc1ccc(-c2cccc(C)c2)cc1.Cc1cccc(-c2cccc(C)c2)c1. The first-order valence-electron chi connectivity index (χ1n) is 27.0. The highest BCUT2D eigenvalue weighted by molar-refractivity contribution is 5.77. The lowest BCUT2D eigenvalue weighted by atomic mass is 9.87. The van der Waals surface area contributed by atoms with E-state index in [0.717, 1.165) is 0 Å². The molecule has 10 aromatic carbocycles. The lowest BCUT2D eigenvalue weighted by molar-refractivity contribution is 1.27. The maximum absolute atomic E-state index is 2.28. The first-order valence-corrected chi connectivity index (χ1v) is 27.0. The molecule has 0 heteroatoms. The van der Waals surface area contributed by atoms with Crippen LogP contribution in [0.3, 0.4) is 0 Å². The molecule has 0 saturated heterocycles. The topological polar surface area (TPSA) is 0 Å². The van der Waals surface area contributed by atoms with Crippen molar-refractivity contribution >= 4 is 0 Å². The van der Waals surface area contributed by atoms with Crippen molar-refractivity contribution in [2.45, 2.75) is 111 Å². The number of hydrogen-bond acceptors (Lipinski definition) is 0. The van der Waals surface area contributed by atoms with Gasteiger partial charge >= 0.3 is 0 Å². The van der Waals surface area contributed by atoms with E-state index in [1.165, 1.54) is 145 Å². The van der Waals surface area contributed by atoms with E-state index in [9.17, 15) is 0 Å². The Bertz CT molecular complexity index is 3250. The van der Waals surface area contributed by atoms with Gasteiger partial charge in [0.25, 0.3) is 0 Å².